The average Bonchev–Trinajstić information content (AvgIpc) is 2.63. The average molecular weight is 349 g/mol. The molecular weight excluding hydrogens is 328 g/mol. The zero-order chi connectivity index (χ0) is 16.9. The molecule has 1 amide bonds. The van der Waals surface area contributed by atoms with Crippen molar-refractivity contribution in [3.05, 3.63) is 41.0 Å². The number of piperidine rings is 1. The lowest BCUT2D eigenvalue weighted by atomic mass is 10.0. The van der Waals surface area contributed by atoms with Crippen molar-refractivity contribution in [1.29, 1.82) is 0 Å². The van der Waals surface area contributed by atoms with Crippen molar-refractivity contribution in [3.8, 4) is 0 Å². The van der Waals surface area contributed by atoms with Gasteiger partial charge in [-0.15, -0.1) is 0 Å². The Hall–Kier alpha value is -1.69. The zero-order valence-corrected chi connectivity index (χ0v) is 14.2. The zero-order valence-electron chi connectivity index (χ0n) is 13.4. The maximum Gasteiger partial charge on any atom is 0.256 e. The van der Waals surface area contributed by atoms with Crippen LogP contribution in [0.25, 0.3) is 10.9 Å². The quantitative estimate of drug-likeness (QED) is 0.844. The monoisotopic (exact) mass is 348 g/mol. The molecule has 1 N–H and O–H groups in total. The lowest BCUT2D eigenvalue weighted by molar-refractivity contribution is 0.00402. The molecule has 1 aliphatic heterocycles. The number of rotatable bonds is 5. The van der Waals surface area contributed by atoms with Gasteiger partial charge in [-0.25, -0.2) is 0 Å². The first kappa shape index (κ1) is 17.1. The third-order valence-electron chi connectivity index (χ3n) is 4.33. The lowest BCUT2D eigenvalue weighted by Gasteiger charge is -2.32. The number of hydrogen-bond donors (Lipinski definition) is 1. The number of aliphatic hydroxyl groups excluding tert-OH is 1. The van der Waals surface area contributed by atoms with Crippen molar-refractivity contribution in [2.24, 2.45) is 0 Å². The Morgan fingerprint density at radius 2 is 2.12 bits per heavy atom. The van der Waals surface area contributed by atoms with Crippen molar-refractivity contribution >= 4 is 28.4 Å². The van der Waals surface area contributed by atoms with Gasteiger partial charge in [0.2, 0.25) is 0 Å². The van der Waals surface area contributed by atoms with Crippen LogP contribution in [0.5, 0.6) is 0 Å². The first-order valence-corrected chi connectivity index (χ1v) is 8.63. The van der Waals surface area contributed by atoms with Crippen LogP contribution in [0.1, 0.15) is 29.6 Å². The van der Waals surface area contributed by atoms with Crippen LogP contribution in [-0.2, 0) is 4.74 Å². The van der Waals surface area contributed by atoms with Gasteiger partial charge in [-0.2, -0.15) is 0 Å². The Kier molecular flexibility index (Phi) is 5.66. The van der Waals surface area contributed by atoms with E-state index in [2.05, 4.69) is 4.98 Å². The molecule has 5 nitrogen and oxygen atoms in total. The van der Waals surface area contributed by atoms with Crippen LogP contribution in [0.15, 0.2) is 30.5 Å². The first-order valence-electron chi connectivity index (χ1n) is 8.25. The molecule has 0 bridgehead atoms. The van der Waals surface area contributed by atoms with Crippen LogP contribution in [0.2, 0.25) is 5.02 Å². The van der Waals surface area contributed by atoms with E-state index in [1.807, 2.05) is 17.0 Å². The maximum atomic E-state index is 12.9. The molecule has 0 spiro atoms. The standard InChI is InChI=1S/C18H21ClN2O3/c19-16-5-4-15(17-14(16)3-1-8-20-17)18(23)21-9-6-13(7-10-21)24-12-2-11-22/h1,3-5,8,13,22H,2,6-7,9-12H2. The maximum absolute atomic E-state index is 12.9. The number of pyridine rings is 1. The fourth-order valence-electron chi connectivity index (χ4n) is 3.02. The molecule has 0 unspecified atom stereocenters. The molecule has 2 heterocycles. The summed E-state index contributed by atoms with van der Waals surface area (Å²) in [5, 5.41) is 10.2. The van der Waals surface area contributed by atoms with Crippen molar-refractivity contribution < 1.29 is 14.6 Å². The Labute approximate surface area is 146 Å². The van der Waals surface area contributed by atoms with Crippen LogP contribution in [0.4, 0.5) is 0 Å². The first-order chi connectivity index (χ1) is 11.7. The van der Waals surface area contributed by atoms with Gasteiger partial charge < -0.3 is 14.7 Å². The van der Waals surface area contributed by atoms with Crippen LogP contribution in [-0.4, -0.2) is 53.3 Å². The minimum atomic E-state index is -0.0100. The predicted molar refractivity (Wildman–Crippen MR) is 93.3 cm³/mol. The molecule has 6 heteroatoms. The van der Waals surface area contributed by atoms with Crippen LogP contribution in [0, 0.1) is 0 Å². The Balaban J connectivity index is 1.69. The van der Waals surface area contributed by atoms with E-state index >= 15 is 0 Å². The number of amides is 1. The Morgan fingerprint density at radius 1 is 1.33 bits per heavy atom. The number of nitrogens with zero attached hydrogens (tertiary/aromatic N) is 2. The molecular formula is C18H21ClN2O3. The van der Waals surface area contributed by atoms with E-state index < -0.39 is 0 Å². The Morgan fingerprint density at radius 3 is 2.88 bits per heavy atom. The van der Waals surface area contributed by atoms with Gasteiger partial charge in [0.25, 0.3) is 5.91 Å². The second kappa shape index (κ2) is 7.92. The molecule has 1 saturated heterocycles. The summed E-state index contributed by atoms with van der Waals surface area (Å²) in [6.45, 7) is 2.05. The predicted octanol–water partition coefficient (Wildman–Crippen LogP) is 2.89. The van der Waals surface area contributed by atoms with Crippen LogP contribution < -0.4 is 0 Å². The molecule has 0 saturated carbocycles. The van der Waals surface area contributed by atoms with Gasteiger partial charge in [-0.1, -0.05) is 11.6 Å². The molecule has 1 aliphatic rings. The van der Waals surface area contributed by atoms with Crippen molar-refractivity contribution in [3.63, 3.8) is 0 Å². The van der Waals surface area contributed by atoms with E-state index in [-0.39, 0.29) is 18.6 Å². The van der Waals surface area contributed by atoms with E-state index in [1.54, 1.807) is 18.3 Å². The van der Waals surface area contributed by atoms with Gasteiger partial charge in [0.05, 0.1) is 22.2 Å². The van der Waals surface area contributed by atoms with Crippen LogP contribution >= 0.6 is 11.6 Å². The normalized spacial score (nSPS) is 15.8. The number of carbonyl (C=O) groups is 1. The van der Waals surface area contributed by atoms with Gasteiger partial charge in [-0.3, -0.25) is 9.78 Å². The fourth-order valence-corrected chi connectivity index (χ4v) is 3.24. The lowest BCUT2D eigenvalue weighted by Crippen LogP contribution is -2.41. The van der Waals surface area contributed by atoms with Crippen LogP contribution in [0.3, 0.4) is 0 Å². The highest BCUT2D eigenvalue weighted by Crippen LogP contribution is 2.26. The summed E-state index contributed by atoms with van der Waals surface area (Å²) in [7, 11) is 0. The van der Waals surface area contributed by atoms with Crippen molar-refractivity contribution in [2.75, 3.05) is 26.3 Å². The number of hydrogen-bond acceptors (Lipinski definition) is 4. The van der Waals surface area contributed by atoms with Gasteiger partial charge in [0.15, 0.2) is 0 Å². The third kappa shape index (κ3) is 3.69. The van der Waals surface area contributed by atoms with Gasteiger partial charge >= 0.3 is 0 Å². The summed E-state index contributed by atoms with van der Waals surface area (Å²) in [6, 6.07) is 7.20. The van der Waals surface area contributed by atoms with E-state index in [1.165, 1.54) is 0 Å². The summed E-state index contributed by atoms with van der Waals surface area (Å²) >= 11 is 6.20. The number of benzene rings is 1. The molecule has 1 aromatic heterocycles. The van der Waals surface area contributed by atoms with E-state index in [0.717, 1.165) is 18.2 Å². The topological polar surface area (TPSA) is 62.7 Å². The second-order valence-electron chi connectivity index (χ2n) is 5.93. The summed E-state index contributed by atoms with van der Waals surface area (Å²) in [5.41, 5.74) is 1.24. The fraction of sp³-hybridized carbons (Fsp3) is 0.444. The highest BCUT2D eigenvalue weighted by Gasteiger charge is 2.25. The molecule has 0 atom stereocenters. The highest BCUT2D eigenvalue weighted by atomic mass is 35.5. The summed E-state index contributed by atoms with van der Waals surface area (Å²) < 4.78 is 5.72. The smallest absolute Gasteiger partial charge is 0.256 e. The van der Waals surface area contributed by atoms with Gasteiger partial charge in [0.1, 0.15) is 0 Å². The number of likely N-dealkylation sites (tertiary alicyclic amines) is 1. The molecule has 1 fully saturated rings. The molecule has 24 heavy (non-hydrogen) atoms. The third-order valence-corrected chi connectivity index (χ3v) is 4.66. The van der Waals surface area contributed by atoms with E-state index in [9.17, 15) is 4.79 Å². The van der Waals surface area contributed by atoms with E-state index in [0.29, 0.717) is 42.2 Å². The number of aromatic nitrogens is 1. The largest absolute Gasteiger partial charge is 0.396 e. The molecule has 1 aromatic carbocycles. The number of ether oxygens (including phenoxy) is 1. The van der Waals surface area contributed by atoms with Crippen molar-refractivity contribution in [2.45, 2.75) is 25.4 Å². The number of aliphatic hydroxyl groups is 1. The number of carbonyl (C=O) groups excluding carboxylic acids is 1. The second-order valence-corrected chi connectivity index (χ2v) is 6.34. The molecule has 128 valence electrons. The molecule has 3 rings (SSSR count). The molecule has 0 radical (unpaired) electrons. The number of halogens is 1. The van der Waals surface area contributed by atoms with Gasteiger partial charge in [0, 0.05) is 37.9 Å². The molecule has 2 aromatic rings. The minimum absolute atomic E-state index is 0.0100. The van der Waals surface area contributed by atoms with E-state index in [4.69, 9.17) is 21.4 Å². The summed E-state index contributed by atoms with van der Waals surface area (Å²) in [6.07, 6.45) is 4.13. The highest BCUT2D eigenvalue weighted by molar-refractivity contribution is 6.36. The van der Waals surface area contributed by atoms with Gasteiger partial charge in [-0.05, 0) is 43.5 Å². The summed E-state index contributed by atoms with van der Waals surface area (Å²) in [4.78, 5) is 19.1. The Bertz CT molecular complexity index is 714. The number of fused-ring (bicyclic) bond motifs is 1. The minimum Gasteiger partial charge on any atom is -0.396 e. The van der Waals surface area contributed by atoms with Crippen molar-refractivity contribution in [1.82, 2.24) is 9.88 Å². The molecule has 0 aliphatic carbocycles. The summed E-state index contributed by atoms with van der Waals surface area (Å²) in [5.74, 6) is -0.0100. The SMILES string of the molecule is O=C(c1ccc(Cl)c2cccnc12)N1CCC(OCCCO)CC1.